The molecule has 0 bridgehead atoms. The van der Waals surface area contributed by atoms with Crippen molar-refractivity contribution in [2.75, 3.05) is 0 Å². The van der Waals surface area contributed by atoms with Gasteiger partial charge in [-0.05, 0) is 184 Å². The van der Waals surface area contributed by atoms with Crippen LogP contribution in [0, 0.1) is 11.3 Å². The summed E-state index contributed by atoms with van der Waals surface area (Å²) in [7, 11) is 0. The number of nitrogens with zero attached hydrogens (tertiary/aromatic N) is 10. The second-order valence-corrected chi connectivity index (χ2v) is 22.8. The molecule has 9 heterocycles. The van der Waals surface area contributed by atoms with Gasteiger partial charge in [0.1, 0.15) is 11.6 Å². The second kappa shape index (κ2) is 20.3. The molecule has 18 aromatic rings. The van der Waals surface area contributed by atoms with Crippen LogP contribution in [0.2, 0.25) is 0 Å². The highest BCUT2D eigenvalue weighted by Crippen LogP contribution is 2.53. The van der Waals surface area contributed by atoms with Gasteiger partial charge in [-0.25, -0.2) is 0 Å². The molecule has 0 amide bonds. The third-order valence-corrected chi connectivity index (χ3v) is 18.1. The minimum absolute atomic E-state index is 0.476. The number of para-hydroxylation sites is 4. The molecule has 0 N–H and O–H groups in total. The summed E-state index contributed by atoms with van der Waals surface area (Å²) in [6, 6.07) is 85.5. The predicted molar refractivity (Wildman–Crippen MR) is 365 cm³/mol. The Balaban J connectivity index is 1.12. The van der Waals surface area contributed by atoms with Crippen LogP contribution in [-0.4, -0.2) is 43.2 Å². The van der Waals surface area contributed by atoms with Crippen molar-refractivity contribution < 1.29 is 0 Å². The van der Waals surface area contributed by atoms with Crippen LogP contribution >= 0.6 is 0 Å². The molecule has 0 aliphatic heterocycles. The van der Waals surface area contributed by atoms with Crippen LogP contribution in [0.3, 0.4) is 0 Å². The number of hydrogen-bond acceptors (Lipinski definition) is 6. The molecule has 9 aromatic heterocycles. The summed E-state index contributed by atoms with van der Waals surface area (Å²) >= 11 is 0. The quantitative estimate of drug-likeness (QED) is 0.142. The first kappa shape index (κ1) is 50.7. The number of benzene rings is 9. The third-order valence-electron chi connectivity index (χ3n) is 18.1. The molecule has 0 atom stereocenters. The standard InChI is InChI=1S/C80H48N10/c81-49-67-77(87-68-13-5-1-9-59(68)60-10-2-6-14-69(60)87)79(89-72-21-17-55(50-25-35-82-36-26-50)45-63(72)64-46-56(18-22-73(64)89)51-27-37-83-38-28-51)76(54-33-43-86-44-34-54)80(78(67)88-70-15-7-3-11-61(70)62-12-4-8-16-71(62)88)90-74-23-19-57(52-29-39-84-40-30-52)47-65(74)66-48-58(20-24-75(66)90)53-31-41-85-42-32-53/h1-48H. The molecule has 0 saturated carbocycles. The van der Waals surface area contributed by atoms with Gasteiger partial charge in [0.25, 0.3) is 0 Å². The van der Waals surface area contributed by atoms with Gasteiger partial charge < -0.3 is 18.3 Å². The summed E-state index contributed by atoms with van der Waals surface area (Å²) in [4.78, 5) is 22.4. The molecular formula is C80H48N10. The van der Waals surface area contributed by atoms with E-state index in [4.69, 9.17) is 4.98 Å². The molecule has 18 rings (SSSR count). The van der Waals surface area contributed by atoms with Gasteiger partial charge in [-0.3, -0.25) is 24.9 Å². The lowest BCUT2D eigenvalue weighted by Crippen LogP contribution is -2.16. The van der Waals surface area contributed by atoms with Gasteiger partial charge >= 0.3 is 0 Å². The van der Waals surface area contributed by atoms with Crippen molar-refractivity contribution in [1.29, 1.82) is 5.26 Å². The average molecular weight is 1150 g/mol. The maximum atomic E-state index is 13.2. The zero-order valence-electron chi connectivity index (χ0n) is 48.2. The second-order valence-electron chi connectivity index (χ2n) is 22.8. The fraction of sp³-hybridized carbons (Fsp3) is 0. The minimum Gasteiger partial charge on any atom is -0.306 e. The van der Waals surface area contributed by atoms with E-state index in [1.807, 2.05) is 62.0 Å². The Morgan fingerprint density at radius 1 is 0.222 bits per heavy atom. The fourth-order valence-corrected chi connectivity index (χ4v) is 14.2. The summed E-state index contributed by atoms with van der Waals surface area (Å²) in [5.41, 5.74) is 21.4. The van der Waals surface area contributed by atoms with E-state index in [0.29, 0.717) is 5.56 Å². The molecule has 90 heavy (non-hydrogen) atoms. The Kier molecular flexibility index (Phi) is 11.4. The molecule has 0 aliphatic carbocycles. The smallest absolute Gasteiger partial charge is 0.104 e. The Morgan fingerprint density at radius 2 is 0.456 bits per heavy atom. The van der Waals surface area contributed by atoms with Gasteiger partial charge in [0.2, 0.25) is 0 Å². The third kappa shape index (κ3) is 7.67. The topological polar surface area (TPSA) is 108 Å². The molecule has 9 aromatic carbocycles. The van der Waals surface area contributed by atoms with E-state index >= 15 is 0 Å². The Labute approximate surface area is 515 Å². The first-order valence-electron chi connectivity index (χ1n) is 30.0. The molecule has 418 valence electrons. The lowest BCUT2D eigenvalue weighted by molar-refractivity contribution is 1.04. The number of pyridine rings is 5. The van der Waals surface area contributed by atoms with Crippen LogP contribution in [0.25, 0.3) is 166 Å². The largest absolute Gasteiger partial charge is 0.306 e. The van der Waals surface area contributed by atoms with Crippen molar-refractivity contribution in [1.82, 2.24) is 43.2 Å². The SMILES string of the molecule is N#Cc1c(-n2c3ccccc3c3ccccc32)c(-n2c3ccc(-c4ccncc4)cc3c3cc(-c4ccncc4)ccc32)c(-c2ccncc2)c(-n2c3ccc(-c4ccncc4)cc3c3cc(-c4ccncc4)ccc32)c1-n1c2ccccc2c2ccccc21. The number of fused-ring (bicyclic) bond motifs is 12. The maximum Gasteiger partial charge on any atom is 0.104 e. The Bertz CT molecular complexity index is 5320. The molecule has 10 nitrogen and oxygen atoms in total. The molecule has 0 fully saturated rings. The van der Waals surface area contributed by atoms with E-state index in [9.17, 15) is 5.26 Å². The first-order valence-corrected chi connectivity index (χ1v) is 30.0. The normalized spacial score (nSPS) is 11.8. The van der Waals surface area contributed by atoms with Crippen molar-refractivity contribution in [3.8, 4) is 84.5 Å². The van der Waals surface area contributed by atoms with Gasteiger partial charge in [0.05, 0.1) is 66.9 Å². The number of aromatic nitrogens is 9. The first-order chi connectivity index (χ1) is 44.7. The summed E-state index contributed by atoms with van der Waals surface area (Å²) in [6.07, 6.45) is 18.6. The summed E-state index contributed by atoms with van der Waals surface area (Å²) < 4.78 is 9.63. The Hall–Kier alpha value is -12.6. The van der Waals surface area contributed by atoms with Gasteiger partial charge in [0.15, 0.2) is 0 Å². The highest BCUT2D eigenvalue weighted by molar-refractivity contribution is 6.18. The van der Waals surface area contributed by atoms with Crippen LogP contribution in [-0.2, 0) is 0 Å². The zero-order valence-corrected chi connectivity index (χ0v) is 48.2. The van der Waals surface area contributed by atoms with Crippen molar-refractivity contribution in [3.63, 3.8) is 0 Å². The molecule has 0 aliphatic rings. The minimum atomic E-state index is 0.476. The van der Waals surface area contributed by atoms with Crippen LogP contribution in [0.5, 0.6) is 0 Å². The van der Waals surface area contributed by atoms with Crippen LogP contribution in [0.4, 0.5) is 0 Å². The van der Waals surface area contributed by atoms with Crippen LogP contribution < -0.4 is 0 Å². The molecule has 0 saturated heterocycles. The Morgan fingerprint density at radius 3 is 0.722 bits per heavy atom. The van der Waals surface area contributed by atoms with Crippen molar-refractivity contribution >= 4 is 87.2 Å². The molecular weight excluding hydrogens is 1100 g/mol. The highest BCUT2D eigenvalue weighted by Gasteiger charge is 2.35. The van der Waals surface area contributed by atoms with Gasteiger partial charge in [0, 0.05) is 111 Å². The molecule has 10 heteroatoms. The van der Waals surface area contributed by atoms with E-state index in [1.165, 1.54) is 0 Å². The van der Waals surface area contributed by atoms with Crippen molar-refractivity contribution in [2.24, 2.45) is 0 Å². The molecule has 0 radical (unpaired) electrons. The number of rotatable bonds is 9. The predicted octanol–water partition coefficient (Wildman–Crippen LogP) is 19.3. The number of hydrogen-bond donors (Lipinski definition) is 0. The zero-order chi connectivity index (χ0) is 59.4. The van der Waals surface area contributed by atoms with E-state index in [2.05, 4.69) is 275 Å². The van der Waals surface area contributed by atoms with Gasteiger partial charge in [-0.15, -0.1) is 0 Å². The summed E-state index contributed by atoms with van der Waals surface area (Å²) in [5.74, 6) is 0. The van der Waals surface area contributed by atoms with Gasteiger partial charge in [-0.2, -0.15) is 5.26 Å². The highest BCUT2D eigenvalue weighted by atomic mass is 15.1. The van der Waals surface area contributed by atoms with E-state index < -0.39 is 0 Å². The van der Waals surface area contributed by atoms with E-state index in [-0.39, 0.29) is 0 Å². The monoisotopic (exact) mass is 1150 g/mol. The molecule has 0 unspecified atom stereocenters. The van der Waals surface area contributed by atoms with Crippen LogP contribution in [0.1, 0.15) is 5.56 Å². The lowest BCUT2D eigenvalue weighted by atomic mass is 9.93. The van der Waals surface area contributed by atoms with Crippen molar-refractivity contribution in [2.45, 2.75) is 0 Å². The lowest BCUT2D eigenvalue weighted by Gasteiger charge is -2.29. The van der Waals surface area contributed by atoms with Crippen molar-refractivity contribution in [3.05, 3.63) is 298 Å². The average Bonchev–Trinajstić information content (AvgIpc) is 1.47. The maximum absolute atomic E-state index is 13.2. The van der Waals surface area contributed by atoms with Crippen LogP contribution in [0.15, 0.2) is 292 Å². The van der Waals surface area contributed by atoms with E-state index in [0.717, 1.165) is 166 Å². The summed E-state index contributed by atoms with van der Waals surface area (Å²) in [5, 5.41) is 21.6. The fourth-order valence-electron chi connectivity index (χ4n) is 14.2. The van der Waals surface area contributed by atoms with E-state index in [1.54, 1.807) is 0 Å². The number of nitriles is 1. The summed E-state index contributed by atoms with van der Waals surface area (Å²) in [6.45, 7) is 0. The van der Waals surface area contributed by atoms with Gasteiger partial charge in [-0.1, -0.05) is 97.1 Å². The molecule has 0 spiro atoms.